The van der Waals surface area contributed by atoms with Gasteiger partial charge in [-0.3, -0.25) is 19.3 Å². The second-order valence-corrected chi connectivity index (χ2v) is 10.2. The van der Waals surface area contributed by atoms with Gasteiger partial charge in [-0.1, -0.05) is 0 Å². The fraction of sp³-hybridized carbons (Fsp3) is 0.593. The summed E-state index contributed by atoms with van der Waals surface area (Å²) in [7, 11) is 4.58. The minimum atomic E-state index is -0.629. The molecule has 2 aromatic rings. The first-order chi connectivity index (χ1) is 17.3. The lowest BCUT2D eigenvalue weighted by Crippen LogP contribution is -2.58. The maximum atomic E-state index is 13.1. The highest BCUT2D eigenvalue weighted by atomic mass is 16.6. The van der Waals surface area contributed by atoms with Crippen LogP contribution in [0, 0.1) is 17.8 Å². The summed E-state index contributed by atoms with van der Waals surface area (Å²) in [6, 6.07) is 6.28. The fourth-order valence-corrected chi connectivity index (χ4v) is 6.77. The van der Waals surface area contributed by atoms with Crippen LogP contribution in [-0.2, 0) is 35.0 Å². The van der Waals surface area contributed by atoms with Crippen LogP contribution in [0.4, 0.5) is 0 Å². The van der Waals surface area contributed by atoms with Gasteiger partial charge in [0.25, 0.3) is 0 Å². The topological polar surface area (TPSA) is 107 Å². The molecular weight excluding hydrogens is 464 g/mol. The van der Waals surface area contributed by atoms with E-state index < -0.39 is 24.1 Å². The van der Waals surface area contributed by atoms with E-state index in [0.717, 1.165) is 37.2 Å². The Bertz CT molecular complexity index is 1170. The Hall–Kier alpha value is -2.91. The number of aromatic amines is 1. The minimum absolute atomic E-state index is 0.0123. The van der Waals surface area contributed by atoms with E-state index >= 15 is 0 Å². The highest BCUT2D eigenvalue weighted by molar-refractivity contribution is 5.94. The van der Waals surface area contributed by atoms with Crippen molar-refractivity contribution in [1.29, 1.82) is 0 Å². The van der Waals surface area contributed by atoms with Crippen LogP contribution in [-0.4, -0.2) is 74.2 Å². The van der Waals surface area contributed by atoms with Crippen molar-refractivity contribution >= 4 is 28.6 Å². The molecule has 0 unspecified atom stereocenters. The van der Waals surface area contributed by atoms with Crippen molar-refractivity contribution < 1.29 is 33.3 Å². The number of Topliss-reactive ketones (excluding diaryl/α,β-unsaturated/α-hetero) is 1. The maximum absolute atomic E-state index is 13.1. The van der Waals surface area contributed by atoms with E-state index in [1.807, 2.05) is 12.1 Å². The molecule has 1 aromatic heterocycles. The number of ketones is 1. The first-order valence-corrected chi connectivity index (χ1v) is 12.6. The van der Waals surface area contributed by atoms with Gasteiger partial charge < -0.3 is 23.9 Å². The summed E-state index contributed by atoms with van der Waals surface area (Å²) in [5, 5.41) is 1.22. The van der Waals surface area contributed by atoms with E-state index in [1.54, 1.807) is 7.11 Å². The maximum Gasteiger partial charge on any atom is 0.313 e. The van der Waals surface area contributed by atoms with Gasteiger partial charge in [-0.25, -0.2) is 0 Å². The zero-order valence-electron chi connectivity index (χ0n) is 21.2. The van der Waals surface area contributed by atoms with Gasteiger partial charge in [0.1, 0.15) is 30.2 Å². The average molecular weight is 499 g/mol. The van der Waals surface area contributed by atoms with Crippen LogP contribution >= 0.6 is 0 Å². The second kappa shape index (κ2) is 9.86. The Kier molecular flexibility index (Phi) is 6.78. The van der Waals surface area contributed by atoms with Gasteiger partial charge in [0.2, 0.25) is 0 Å². The molecule has 1 aromatic carbocycles. The molecule has 3 heterocycles. The van der Waals surface area contributed by atoms with Gasteiger partial charge in [-0.2, -0.15) is 0 Å². The molecule has 1 N–H and O–H groups in total. The van der Waals surface area contributed by atoms with E-state index in [2.05, 4.69) is 16.0 Å². The van der Waals surface area contributed by atoms with Crippen molar-refractivity contribution in [2.75, 3.05) is 34.4 Å². The lowest BCUT2D eigenvalue weighted by Gasteiger charge is -2.52. The molecule has 9 heteroatoms. The smallest absolute Gasteiger partial charge is 0.313 e. The van der Waals surface area contributed by atoms with E-state index in [4.69, 9.17) is 18.9 Å². The number of nitrogens with zero attached hydrogens (tertiary/aromatic N) is 1. The highest BCUT2D eigenvalue weighted by Crippen LogP contribution is 2.50. The monoisotopic (exact) mass is 498 g/mol. The summed E-state index contributed by atoms with van der Waals surface area (Å²) in [5.74, 6) is -0.792. The van der Waals surface area contributed by atoms with Crippen molar-refractivity contribution in [3.8, 4) is 5.75 Å². The van der Waals surface area contributed by atoms with Crippen molar-refractivity contribution in [1.82, 2.24) is 9.88 Å². The minimum Gasteiger partial charge on any atom is -0.497 e. The molecule has 9 nitrogen and oxygen atoms in total. The number of fused-ring (bicyclic) bond motifs is 6. The number of methoxy groups -OCH3 is 3. The summed E-state index contributed by atoms with van der Waals surface area (Å²) in [4.78, 5) is 43.0. The third-order valence-corrected chi connectivity index (χ3v) is 8.28. The number of piperidine rings is 1. The third-order valence-electron chi connectivity index (χ3n) is 8.28. The van der Waals surface area contributed by atoms with Crippen LogP contribution in [0.25, 0.3) is 10.9 Å². The molecular formula is C27H34N2O7. The van der Waals surface area contributed by atoms with Crippen LogP contribution in [0.5, 0.6) is 5.75 Å². The molecule has 0 bridgehead atoms. The van der Waals surface area contributed by atoms with Crippen LogP contribution < -0.4 is 4.74 Å². The van der Waals surface area contributed by atoms with Crippen molar-refractivity contribution in [2.24, 2.45) is 17.8 Å². The Morgan fingerprint density at radius 3 is 2.64 bits per heavy atom. The number of hydrogen-bond donors (Lipinski definition) is 1. The van der Waals surface area contributed by atoms with Crippen LogP contribution in [0.2, 0.25) is 0 Å². The molecule has 5 rings (SSSR count). The second-order valence-electron chi connectivity index (χ2n) is 10.2. The lowest BCUT2D eigenvalue weighted by atomic mass is 9.63. The molecule has 0 spiro atoms. The number of carbonyl (C=O) groups is 3. The Labute approximate surface area is 210 Å². The number of carbonyl (C=O) groups excluding carboxylic acids is 3. The first kappa shape index (κ1) is 24.8. The van der Waals surface area contributed by atoms with Gasteiger partial charge in [-0.05, 0) is 55.7 Å². The quantitative estimate of drug-likeness (QED) is 0.479. The number of H-pyrrole nitrogens is 1. The summed E-state index contributed by atoms with van der Waals surface area (Å²) in [6.45, 7) is 3.07. The summed E-state index contributed by atoms with van der Waals surface area (Å²) >= 11 is 0. The number of hydrogen-bond acceptors (Lipinski definition) is 8. The van der Waals surface area contributed by atoms with Crippen LogP contribution in [0.3, 0.4) is 0 Å². The Morgan fingerprint density at radius 2 is 1.94 bits per heavy atom. The molecule has 1 saturated carbocycles. The molecule has 6 atom stereocenters. The number of rotatable bonds is 6. The number of ether oxygens (including phenoxy) is 4. The van der Waals surface area contributed by atoms with Gasteiger partial charge in [0, 0.05) is 42.9 Å². The van der Waals surface area contributed by atoms with E-state index in [9.17, 15) is 14.4 Å². The zero-order valence-corrected chi connectivity index (χ0v) is 21.2. The molecule has 2 fully saturated rings. The molecule has 0 radical (unpaired) electrons. The molecule has 1 saturated heterocycles. The van der Waals surface area contributed by atoms with Gasteiger partial charge in [-0.15, -0.1) is 0 Å². The molecule has 3 aliphatic rings. The predicted molar refractivity (Wildman–Crippen MR) is 131 cm³/mol. The average Bonchev–Trinajstić information content (AvgIpc) is 3.24. The Balaban J connectivity index is 1.46. The summed E-state index contributed by atoms with van der Waals surface area (Å²) < 4.78 is 22.1. The molecule has 36 heavy (non-hydrogen) atoms. The highest BCUT2D eigenvalue weighted by Gasteiger charge is 2.54. The number of nitrogens with one attached hydrogen (secondary N) is 1. The van der Waals surface area contributed by atoms with E-state index in [1.165, 1.54) is 37.8 Å². The molecule has 2 aliphatic heterocycles. The largest absolute Gasteiger partial charge is 0.497 e. The number of esters is 2. The van der Waals surface area contributed by atoms with E-state index in [0.29, 0.717) is 6.42 Å². The number of benzene rings is 1. The summed E-state index contributed by atoms with van der Waals surface area (Å²) in [6.07, 6.45) is 0.774. The van der Waals surface area contributed by atoms with Crippen LogP contribution in [0.15, 0.2) is 18.2 Å². The Morgan fingerprint density at radius 1 is 1.14 bits per heavy atom. The molecule has 194 valence electrons. The van der Waals surface area contributed by atoms with Gasteiger partial charge >= 0.3 is 11.9 Å². The lowest BCUT2D eigenvalue weighted by molar-refractivity contribution is -0.189. The van der Waals surface area contributed by atoms with E-state index in [-0.39, 0.29) is 36.1 Å². The molecule has 1 aliphatic carbocycles. The molecule has 0 amide bonds. The third kappa shape index (κ3) is 4.28. The standard InChI is InChI=1S/C27H34N2O7/c1-14(30)9-23(31)36-22-10-15-13-29-8-7-18-17-6-5-16(33-2)11-20(17)28-25(18)21(29)12-19(15)24(26(22)34-3)27(32)35-4/h5-6,11,15,19,21-22,24,26,28H,7-10,12-13H2,1-4H3/t15-,19-,21-,22-,24-,26+/m0/s1. The predicted octanol–water partition coefficient (Wildman–Crippen LogP) is 2.81. The fourth-order valence-electron chi connectivity index (χ4n) is 6.77. The van der Waals surface area contributed by atoms with Crippen molar-refractivity contribution in [2.45, 2.75) is 50.9 Å². The SMILES string of the molecule is COC(=O)[C@H]1[C@H]2C[C@H]3c4[nH]c5cc(OC)ccc5c4CCN3C[C@@H]2C[C@H](OC(=O)CC(C)=O)[C@H]1OC. The first-order valence-electron chi connectivity index (χ1n) is 12.6. The number of aromatic nitrogens is 1. The van der Waals surface area contributed by atoms with Gasteiger partial charge in [0.05, 0.1) is 26.2 Å². The zero-order chi connectivity index (χ0) is 25.6. The van der Waals surface area contributed by atoms with Gasteiger partial charge in [0.15, 0.2) is 0 Å². The normalized spacial score (nSPS) is 29.6. The van der Waals surface area contributed by atoms with Crippen LogP contribution in [0.1, 0.15) is 43.5 Å². The summed E-state index contributed by atoms with van der Waals surface area (Å²) in [5.41, 5.74) is 3.59. The van der Waals surface area contributed by atoms with Crippen molar-refractivity contribution in [3.63, 3.8) is 0 Å². The van der Waals surface area contributed by atoms with Crippen molar-refractivity contribution in [3.05, 3.63) is 29.5 Å².